The van der Waals surface area contributed by atoms with Crippen LogP contribution in [0.15, 0.2) is 12.1 Å². The molecule has 174 valence electrons. The number of aryl methyl sites for hydroxylation is 3. The first-order valence-corrected chi connectivity index (χ1v) is 12.4. The molecule has 1 fully saturated rings. The summed E-state index contributed by atoms with van der Waals surface area (Å²) in [7, 11) is 0. The molecular formula is C27H33N3O3. The molecule has 33 heavy (non-hydrogen) atoms. The van der Waals surface area contributed by atoms with Crippen molar-refractivity contribution in [3.8, 4) is 11.8 Å². The highest BCUT2D eigenvalue weighted by Crippen LogP contribution is 2.60. The van der Waals surface area contributed by atoms with Gasteiger partial charge < -0.3 is 9.84 Å². The van der Waals surface area contributed by atoms with Crippen LogP contribution in [0, 0.1) is 23.2 Å². The molecule has 3 aliphatic rings. The van der Waals surface area contributed by atoms with Gasteiger partial charge in [0.25, 0.3) is 0 Å². The number of esters is 1. The van der Waals surface area contributed by atoms with Gasteiger partial charge in [0.05, 0.1) is 25.6 Å². The number of fused-ring (bicyclic) bond motifs is 7. The average molecular weight is 448 g/mol. The third-order valence-electron chi connectivity index (χ3n) is 8.61. The Morgan fingerprint density at radius 1 is 1.36 bits per heavy atom. The van der Waals surface area contributed by atoms with Crippen molar-refractivity contribution >= 4 is 5.97 Å². The SMILES string of the molecule is CCOC(=O)c1nn(CCC#N)c2c1CC1C3CCc4cc(O)c(CC)cc4C3CC[C@]21C. The van der Waals surface area contributed by atoms with Crippen LogP contribution in [0.2, 0.25) is 0 Å². The summed E-state index contributed by atoms with van der Waals surface area (Å²) in [6, 6.07) is 6.48. The minimum absolute atomic E-state index is 0.0499. The van der Waals surface area contributed by atoms with E-state index in [9.17, 15) is 15.2 Å². The minimum atomic E-state index is -0.347. The number of phenols is 1. The molecule has 1 aromatic carbocycles. The van der Waals surface area contributed by atoms with E-state index in [0.717, 1.165) is 55.3 Å². The molecule has 0 bridgehead atoms. The zero-order valence-corrected chi connectivity index (χ0v) is 19.9. The van der Waals surface area contributed by atoms with Crippen LogP contribution in [0.3, 0.4) is 0 Å². The molecule has 1 heterocycles. The Hall–Kier alpha value is -2.81. The number of carbonyl (C=O) groups excluding carboxylic acids is 1. The summed E-state index contributed by atoms with van der Waals surface area (Å²) >= 11 is 0. The van der Waals surface area contributed by atoms with Gasteiger partial charge in [-0.3, -0.25) is 4.68 Å². The average Bonchev–Trinajstić information content (AvgIpc) is 3.32. The van der Waals surface area contributed by atoms with Crippen LogP contribution in [-0.2, 0) is 36.0 Å². The molecule has 0 radical (unpaired) electrons. The van der Waals surface area contributed by atoms with Gasteiger partial charge in [0.1, 0.15) is 5.75 Å². The van der Waals surface area contributed by atoms with E-state index in [4.69, 9.17) is 4.74 Å². The van der Waals surface area contributed by atoms with Crippen molar-refractivity contribution in [2.24, 2.45) is 11.8 Å². The summed E-state index contributed by atoms with van der Waals surface area (Å²) in [6.07, 6.45) is 6.28. The van der Waals surface area contributed by atoms with Crippen LogP contribution < -0.4 is 0 Å². The number of hydrogen-bond donors (Lipinski definition) is 1. The lowest BCUT2D eigenvalue weighted by atomic mass is 9.55. The number of phenolic OH excluding ortho intramolecular Hbond substituents is 1. The molecule has 3 aliphatic carbocycles. The normalized spacial score (nSPS) is 27.2. The molecule has 5 rings (SSSR count). The fourth-order valence-corrected chi connectivity index (χ4v) is 7.16. The Morgan fingerprint density at radius 3 is 2.91 bits per heavy atom. The second-order valence-corrected chi connectivity index (χ2v) is 10.1. The second-order valence-electron chi connectivity index (χ2n) is 10.1. The quantitative estimate of drug-likeness (QED) is 0.665. The number of nitriles is 1. The number of ether oxygens (including phenoxy) is 1. The summed E-state index contributed by atoms with van der Waals surface area (Å²) in [4.78, 5) is 12.8. The number of hydrogen-bond acceptors (Lipinski definition) is 5. The summed E-state index contributed by atoms with van der Waals surface area (Å²) in [5.41, 5.74) is 6.38. The predicted octanol–water partition coefficient (Wildman–Crippen LogP) is 4.81. The molecule has 0 aliphatic heterocycles. The van der Waals surface area contributed by atoms with Crippen LogP contribution in [0.25, 0.3) is 0 Å². The van der Waals surface area contributed by atoms with Gasteiger partial charge in [0.2, 0.25) is 0 Å². The molecule has 0 amide bonds. The molecular weight excluding hydrogens is 414 g/mol. The first-order chi connectivity index (χ1) is 15.9. The van der Waals surface area contributed by atoms with Crippen LogP contribution in [0.1, 0.15) is 90.8 Å². The lowest BCUT2D eigenvalue weighted by Crippen LogP contribution is -2.44. The lowest BCUT2D eigenvalue weighted by Gasteiger charge is -2.49. The van der Waals surface area contributed by atoms with E-state index in [2.05, 4.69) is 31.1 Å². The summed E-state index contributed by atoms with van der Waals surface area (Å²) in [5.74, 6) is 1.56. The number of benzene rings is 1. The molecule has 1 aromatic heterocycles. The van der Waals surface area contributed by atoms with E-state index in [-0.39, 0.29) is 11.4 Å². The maximum Gasteiger partial charge on any atom is 0.359 e. The molecule has 2 aromatic rings. The molecule has 1 N–H and O–H groups in total. The van der Waals surface area contributed by atoms with Crippen LogP contribution in [0.4, 0.5) is 0 Å². The van der Waals surface area contributed by atoms with Gasteiger partial charge in [0, 0.05) is 16.7 Å². The van der Waals surface area contributed by atoms with Crippen molar-refractivity contribution in [3.05, 3.63) is 45.8 Å². The molecule has 0 saturated heterocycles. The largest absolute Gasteiger partial charge is 0.508 e. The maximum absolute atomic E-state index is 12.8. The molecule has 6 heteroatoms. The molecule has 4 atom stereocenters. The van der Waals surface area contributed by atoms with Gasteiger partial charge in [-0.15, -0.1) is 0 Å². The van der Waals surface area contributed by atoms with Crippen molar-refractivity contribution in [2.45, 2.75) is 83.6 Å². The summed E-state index contributed by atoms with van der Waals surface area (Å²) in [5, 5.41) is 24.2. The van der Waals surface area contributed by atoms with E-state index in [1.54, 1.807) is 0 Å². The highest BCUT2D eigenvalue weighted by Gasteiger charge is 2.56. The highest BCUT2D eigenvalue weighted by molar-refractivity contribution is 5.89. The van der Waals surface area contributed by atoms with Gasteiger partial charge in [-0.2, -0.15) is 10.4 Å². The van der Waals surface area contributed by atoms with Crippen molar-refractivity contribution in [1.82, 2.24) is 9.78 Å². The fourth-order valence-electron chi connectivity index (χ4n) is 7.16. The topological polar surface area (TPSA) is 88.1 Å². The van der Waals surface area contributed by atoms with Gasteiger partial charge in [-0.1, -0.05) is 19.9 Å². The van der Waals surface area contributed by atoms with Gasteiger partial charge in [-0.25, -0.2) is 4.79 Å². The van der Waals surface area contributed by atoms with Crippen molar-refractivity contribution in [1.29, 1.82) is 5.26 Å². The molecule has 1 saturated carbocycles. The fraction of sp³-hybridized carbons (Fsp3) is 0.593. The van der Waals surface area contributed by atoms with E-state index in [1.165, 1.54) is 11.1 Å². The zero-order valence-electron chi connectivity index (χ0n) is 19.9. The number of carbonyl (C=O) groups is 1. The second kappa shape index (κ2) is 8.20. The number of aromatic nitrogens is 2. The van der Waals surface area contributed by atoms with Crippen molar-refractivity contribution in [2.75, 3.05) is 6.61 Å². The summed E-state index contributed by atoms with van der Waals surface area (Å²) < 4.78 is 7.28. The van der Waals surface area contributed by atoms with Gasteiger partial charge >= 0.3 is 5.97 Å². The van der Waals surface area contributed by atoms with Crippen LogP contribution in [-0.4, -0.2) is 27.5 Å². The molecule has 6 nitrogen and oxygen atoms in total. The monoisotopic (exact) mass is 447 g/mol. The Kier molecular flexibility index (Phi) is 5.47. The van der Waals surface area contributed by atoms with E-state index < -0.39 is 0 Å². The number of aromatic hydroxyl groups is 1. The number of rotatable bonds is 5. The number of nitrogens with zero attached hydrogens (tertiary/aromatic N) is 3. The van der Waals surface area contributed by atoms with E-state index in [0.29, 0.717) is 48.8 Å². The van der Waals surface area contributed by atoms with Crippen molar-refractivity contribution in [3.63, 3.8) is 0 Å². The smallest absolute Gasteiger partial charge is 0.359 e. The Labute approximate surface area is 195 Å². The highest BCUT2D eigenvalue weighted by atomic mass is 16.5. The summed E-state index contributed by atoms with van der Waals surface area (Å²) in [6.45, 7) is 7.10. The standard InChI is InChI=1S/C27H33N3O3/c1-4-16-13-20-17(14-23(16)31)7-8-19-18(20)9-10-27(3)22(19)15-21-24(26(32)33-5-2)29-30(25(21)27)12-6-11-28/h13-14,18-19,22,31H,4-10,12,15H2,1-3H3/t18?,19?,22?,27-/m0/s1. The third kappa shape index (κ3) is 3.27. The van der Waals surface area contributed by atoms with E-state index >= 15 is 0 Å². The molecule has 0 spiro atoms. The Morgan fingerprint density at radius 2 is 2.18 bits per heavy atom. The Balaban J connectivity index is 1.55. The Bertz CT molecular complexity index is 1140. The lowest BCUT2D eigenvalue weighted by molar-refractivity contribution is 0.0514. The third-order valence-corrected chi connectivity index (χ3v) is 8.61. The predicted molar refractivity (Wildman–Crippen MR) is 124 cm³/mol. The van der Waals surface area contributed by atoms with Gasteiger partial charge in [0.15, 0.2) is 5.69 Å². The first-order valence-electron chi connectivity index (χ1n) is 12.4. The van der Waals surface area contributed by atoms with Crippen LogP contribution in [0.5, 0.6) is 5.75 Å². The van der Waals surface area contributed by atoms with E-state index in [1.807, 2.05) is 17.7 Å². The first kappa shape index (κ1) is 22.0. The van der Waals surface area contributed by atoms with Crippen LogP contribution >= 0.6 is 0 Å². The minimum Gasteiger partial charge on any atom is -0.508 e. The van der Waals surface area contributed by atoms with Gasteiger partial charge in [-0.05, 0) is 86.0 Å². The molecule has 3 unspecified atom stereocenters. The van der Waals surface area contributed by atoms with Crippen molar-refractivity contribution < 1.29 is 14.6 Å². The zero-order chi connectivity index (χ0) is 23.3. The maximum atomic E-state index is 12.8.